The lowest BCUT2D eigenvalue weighted by Crippen LogP contribution is -2.22. The van der Waals surface area contributed by atoms with Gasteiger partial charge in [-0.15, -0.1) is 10.2 Å². The van der Waals surface area contributed by atoms with Gasteiger partial charge in [0.15, 0.2) is 0 Å². The maximum absolute atomic E-state index is 12.2. The zero-order valence-electron chi connectivity index (χ0n) is 16.6. The Labute approximate surface area is 173 Å². The van der Waals surface area contributed by atoms with Crippen molar-refractivity contribution in [3.05, 3.63) is 59.7 Å². The summed E-state index contributed by atoms with van der Waals surface area (Å²) in [5.41, 5.74) is 25.2. The molecule has 0 aliphatic carbocycles. The molecule has 0 saturated carbocycles. The number of guanidine groups is 2. The molecular weight excluding hydrogens is 384 g/mol. The van der Waals surface area contributed by atoms with Crippen LogP contribution in [-0.4, -0.2) is 29.4 Å². The Bertz CT molecular complexity index is 915. The molecule has 0 heterocycles. The van der Waals surface area contributed by atoms with E-state index in [0.29, 0.717) is 22.8 Å². The van der Waals surface area contributed by atoms with Gasteiger partial charge in [0.1, 0.15) is 0 Å². The van der Waals surface area contributed by atoms with Crippen molar-refractivity contribution in [2.45, 2.75) is 13.8 Å². The van der Waals surface area contributed by atoms with Crippen molar-refractivity contribution >= 4 is 40.7 Å². The molecule has 11 heteroatoms. The molecule has 0 fully saturated rings. The Kier molecular flexibility index (Phi) is 7.46. The topological polar surface area (TPSA) is 195 Å². The number of nitrogens with zero attached hydrogens (tertiary/aromatic N) is 4. The van der Waals surface area contributed by atoms with Crippen LogP contribution in [0, 0.1) is 0 Å². The first-order valence-electron chi connectivity index (χ1n) is 8.80. The Balaban J connectivity index is 1.97. The molecule has 0 atom stereocenters. The van der Waals surface area contributed by atoms with Crippen molar-refractivity contribution in [1.82, 2.24) is 0 Å². The lowest BCUT2D eigenvalue weighted by atomic mass is 10.1. The SMILES string of the molecule is C/C(=N/N=C(N)N)c1ccc(NC(=O)Nc2ccc(/C(C)=N/N=C(N)N)cc2)cc1. The van der Waals surface area contributed by atoms with E-state index in [2.05, 4.69) is 31.0 Å². The van der Waals surface area contributed by atoms with Crippen molar-refractivity contribution in [1.29, 1.82) is 0 Å². The number of carbonyl (C=O) groups is 1. The van der Waals surface area contributed by atoms with Gasteiger partial charge in [-0.05, 0) is 49.2 Å². The van der Waals surface area contributed by atoms with Crippen LogP contribution in [0.5, 0.6) is 0 Å². The van der Waals surface area contributed by atoms with E-state index in [4.69, 9.17) is 22.9 Å². The molecule has 2 rings (SSSR count). The highest BCUT2D eigenvalue weighted by Gasteiger charge is 2.05. The van der Waals surface area contributed by atoms with Crippen molar-refractivity contribution in [3.63, 3.8) is 0 Å². The number of hydrogen-bond acceptors (Lipinski definition) is 5. The first kappa shape index (κ1) is 21.9. The fourth-order valence-corrected chi connectivity index (χ4v) is 2.26. The maximum Gasteiger partial charge on any atom is 0.323 e. The molecule has 30 heavy (non-hydrogen) atoms. The van der Waals surface area contributed by atoms with E-state index in [-0.39, 0.29) is 18.0 Å². The maximum atomic E-state index is 12.2. The second-order valence-corrected chi connectivity index (χ2v) is 6.15. The summed E-state index contributed by atoms with van der Waals surface area (Å²) in [5.74, 6) is -0.234. The Hall–Kier alpha value is -4.41. The van der Waals surface area contributed by atoms with Crippen LogP contribution in [-0.2, 0) is 0 Å². The second kappa shape index (κ2) is 10.2. The van der Waals surface area contributed by atoms with Crippen LogP contribution in [0.25, 0.3) is 0 Å². The number of carbonyl (C=O) groups excluding carboxylic acids is 1. The van der Waals surface area contributed by atoms with Crippen molar-refractivity contribution in [2.24, 2.45) is 43.3 Å². The largest absolute Gasteiger partial charge is 0.369 e. The minimum Gasteiger partial charge on any atom is -0.369 e. The number of anilines is 2. The van der Waals surface area contributed by atoms with Crippen LogP contribution < -0.4 is 33.6 Å². The third-order valence-corrected chi connectivity index (χ3v) is 3.75. The molecule has 2 aromatic rings. The van der Waals surface area contributed by atoms with E-state index >= 15 is 0 Å². The molecule has 0 bridgehead atoms. The number of urea groups is 1. The van der Waals surface area contributed by atoms with Gasteiger partial charge >= 0.3 is 6.03 Å². The average molecular weight is 408 g/mol. The van der Waals surface area contributed by atoms with Crippen LogP contribution in [0.15, 0.2) is 68.9 Å². The fraction of sp³-hybridized carbons (Fsp3) is 0.105. The van der Waals surface area contributed by atoms with E-state index in [1.165, 1.54) is 0 Å². The van der Waals surface area contributed by atoms with Gasteiger partial charge in [0.05, 0.1) is 11.4 Å². The normalized spacial score (nSPS) is 11.4. The second-order valence-electron chi connectivity index (χ2n) is 6.15. The molecule has 0 aliphatic heterocycles. The highest BCUT2D eigenvalue weighted by molar-refractivity contribution is 6.02. The first-order chi connectivity index (χ1) is 14.2. The summed E-state index contributed by atoms with van der Waals surface area (Å²) in [5, 5.41) is 20.5. The summed E-state index contributed by atoms with van der Waals surface area (Å²) < 4.78 is 0. The van der Waals surface area contributed by atoms with Gasteiger partial charge < -0.3 is 33.6 Å². The number of rotatable bonds is 6. The monoisotopic (exact) mass is 408 g/mol. The minimum atomic E-state index is -0.382. The number of nitrogens with one attached hydrogen (secondary N) is 2. The molecule has 156 valence electrons. The molecule has 2 amide bonds. The van der Waals surface area contributed by atoms with Gasteiger partial charge in [0.2, 0.25) is 11.9 Å². The zero-order valence-corrected chi connectivity index (χ0v) is 16.6. The zero-order chi connectivity index (χ0) is 22.1. The number of benzene rings is 2. The molecule has 0 aliphatic rings. The van der Waals surface area contributed by atoms with E-state index in [1.54, 1.807) is 62.4 Å². The Morgan fingerprint density at radius 1 is 0.633 bits per heavy atom. The molecule has 11 nitrogen and oxygen atoms in total. The Morgan fingerprint density at radius 2 is 0.967 bits per heavy atom. The molecule has 0 spiro atoms. The van der Waals surface area contributed by atoms with E-state index in [0.717, 1.165) is 11.1 Å². The third-order valence-electron chi connectivity index (χ3n) is 3.75. The van der Waals surface area contributed by atoms with E-state index in [1.807, 2.05) is 0 Å². The summed E-state index contributed by atoms with van der Waals surface area (Å²) in [6.07, 6.45) is 0. The summed E-state index contributed by atoms with van der Waals surface area (Å²) in [4.78, 5) is 12.2. The van der Waals surface area contributed by atoms with Gasteiger partial charge in [-0.2, -0.15) is 10.2 Å². The molecule has 10 N–H and O–H groups in total. The van der Waals surface area contributed by atoms with Crippen LogP contribution in [0.2, 0.25) is 0 Å². The van der Waals surface area contributed by atoms with Crippen molar-refractivity contribution < 1.29 is 4.79 Å². The lowest BCUT2D eigenvalue weighted by Gasteiger charge is -2.09. The predicted molar refractivity (Wildman–Crippen MR) is 122 cm³/mol. The number of hydrogen-bond donors (Lipinski definition) is 6. The smallest absolute Gasteiger partial charge is 0.323 e. The van der Waals surface area contributed by atoms with Crippen LogP contribution >= 0.6 is 0 Å². The highest BCUT2D eigenvalue weighted by Crippen LogP contribution is 2.14. The summed E-state index contributed by atoms with van der Waals surface area (Å²) in [6.45, 7) is 3.55. The molecular formula is C19H24N10O. The van der Waals surface area contributed by atoms with Gasteiger partial charge in [0, 0.05) is 11.4 Å². The van der Waals surface area contributed by atoms with Gasteiger partial charge in [0.25, 0.3) is 0 Å². The molecule has 0 unspecified atom stereocenters. The first-order valence-corrected chi connectivity index (χ1v) is 8.80. The van der Waals surface area contributed by atoms with Gasteiger partial charge in [-0.1, -0.05) is 24.3 Å². The summed E-state index contributed by atoms with van der Waals surface area (Å²) in [7, 11) is 0. The van der Waals surface area contributed by atoms with Crippen LogP contribution in [0.4, 0.5) is 16.2 Å². The standard InChI is InChI=1S/C19H24N10O/c1-11(26-28-17(20)21)13-3-7-15(8-4-13)24-19(30)25-16-9-5-14(6-10-16)12(2)27-29-18(22)23/h3-10H,1-2H3,(H4,20,21,28)(H4,22,23,29)(H2,24,25,30)/b26-11-,27-12+. The average Bonchev–Trinajstić information content (AvgIpc) is 2.71. The van der Waals surface area contributed by atoms with Gasteiger partial charge in [-0.25, -0.2) is 4.79 Å². The van der Waals surface area contributed by atoms with Crippen molar-refractivity contribution in [3.8, 4) is 0 Å². The molecule has 2 aromatic carbocycles. The van der Waals surface area contributed by atoms with Crippen LogP contribution in [0.3, 0.4) is 0 Å². The minimum absolute atomic E-state index is 0.117. The Morgan fingerprint density at radius 3 is 1.27 bits per heavy atom. The van der Waals surface area contributed by atoms with Crippen molar-refractivity contribution in [2.75, 3.05) is 10.6 Å². The predicted octanol–water partition coefficient (Wildman–Crippen LogP) is 1.33. The van der Waals surface area contributed by atoms with E-state index < -0.39 is 0 Å². The molecule has 0 radical (unpaired) electrons. The van der Waals surface area contributed by atoms with Gasteiger partial charge in [-0.3, -0.25) is 0 Å². The number of nitrogens with two attached hydrogens (primary N) is 4. The lowest BCUT2D eigenvalue weighted by molar-refractivity contribution is 0.262. The quantitative estimate of drug-likeness (QED) is 0.238. The number of amides is 2. The fourth-order valence-electron chi connectivity index (χ4n) is 2.26. The van der Waals surface area contributed by atoms with Crippen LogP contribution in [0.1, 0.15) is 25.0 Å². The summed E-state index contributed by atoms with van der Waals surface area (Å²) in [6, 6.07) is 13.8. The third kappa shape index (κ3) is 6.96. The molecule has 0 saturated heterocycles. The summed E-state index contributed by atoms with van der Waals surface area (Å²) >= 11 is 0. The van der Waals surface area contributed by atoms with E-state index in [9.17, 15) is 4.79 Å². The molecule has 0 aromatic heterocycles. The highest BCUT2D eigenvalue weighted by atomic mass is 16.2.